The van der Waals surface area contributed by atoms with Crippen molar-refractivity contribution < 1.29 is 9.21 Å². The zero-order valence-corrected chi connectivity index (χ0v) is 15.4. The normalized spacial score (nSPS) is 10.6. The van der Waals surface area contributed by atoms with Crippen LogP contribution in [0.15, 0.2) is 83.3 Å². The zero-order chi connectivity index (χ0) is 19.3. The molecule has 4 rings (SSSR count). The molecule has 28 heavy (non-hydrogen) atoms. The molecule has 0 atom stereocenters. The highest BCUT2D eigenvalue weighted by Crippen LogP contribution is 2.27. The predicted molar refractivity (Wildman–Crippen MR) is 109 cm³/mol. The van der Waals surface area contributed by atoms with Crippen molar-refractivity contribution in [3.05, 3.63) is 90.0 Å². The van der Waals surface area contributed by atoms with Gasteiger partial charge < -0.3 is 9.73 Å². The van der Waals surface area contributed by atoms with E-state index in [1.807, 2.05) is 85.8 Å². The number of nitrogens with zero attached hydrogens (tertiary/aromatic N) is 2. The molecule has 1 amide bonds. The molecule has 0 saturated heterocycles. The van der Waals surface area contributed by atoms with Crippen LogP contribution in [0.1, 0.15) is 11.1 Å². The summed E-state index contributed by atoms with van der Waals surface area (Å²) in [5.74, 6) is 0.818. The molecule has 0 spiro atoms. The number of carbonyl (C=O) groups excluding carboxylic acids is 1. The number of hydrogen-bond donors (Lipinski definition) is 1. The molecule has 5 nitrogen and oxygen atoms in total. The van der Waals surface area contributed by atoms with Crippen LogP contribution in [-0.2, 0) is 11.2 Å². The summed E-state index contributed by atoms with van der Waals surface area (Å²) in [5, 5.41) is 11.2. The number of aryl methyl sites for hydroxylation is 1. The number of nitrogens with one attached hydrogen (secondary N) is 1. The predicted octanol–water partition coefficient (Wildman–Crippen LogP) is 4.89. The second-order valence-corrected chi connectivity index (χ2v) is 6.52. The zero-order valence-electron chi connectivity index (χ0n) is 15.4. The van der Waals surface area contributed by atoms with Crippen molar-refractivity contribution in [1.29, 1.82) is 0 Å². The highest BCUT2D eigenvalue weighted by molar-refractivity contribution is 5.92. The first-order chi connectivity index (χ1) is 13.7. The Morgan fingerprint density at radius 3 is 2.46 bits per heavy atom. The van der Waals surface area contributed by atoms with E-state index in [0.29, 0.717) is 23.9 Å². The molecule has 1 N–H and O–H groups in total. The van der Waals surface area contributed by atoms with Gasteiger partial charge in [-0.05, 0) is 42.3 Å². The summed E-state index contributed by atoms with van der Waals surface area (Å²) >= 11 is 0. The molecule has 0 bridgehead atoms. The summed E-state index contributed by atoms with van der Waals surface area (Å²) in [6.07, 6.45) is 0.322. The van der Waals surface area contributed by atoms with Crippen LogP contribution in [0.4, 0.5) is 5.69 Å². The Morgan fingerprint density at radius 1 is 0.893 bits per heavy atom. The van der Waals surface area contributed by atoms with Crippen molar-refractivity contribution in [2.45, 2.75) is 13.3 Å². The van der Waals surface area contributed by atoms with Crippen LogP contribution in [0.2, 0.25) is 0 Å². The first-order valence-corrected chi connectivity index (χ1v) is 9.03. The quantitative estimate of drug-likeness (QED) is 0.544. The summed E-state index contributed by atoms with van der Waals surface area (Å²) in [6, 6.07) is 24.9. The lowest BCUT2D eigenvalue weighted by molar-refractivity contribution is -0.115. The van der Waals surface area contributed by atoms with Gasteiger partial charge in [0.25, 0.3) is 0 Å². The molecule has 0 aliphatic rings. The number of aromatic nitrogens is 2. The highest BCUT2D eigenvalue weighted by atomic mass is 16.4. The van der Waals surface area contributed by atoms with E-state index in [1.54, 1.807) is 0 Å². The summed E-state index contributed by atoms with van der Waals surface area (Å²) in [5.41, 5.74) is 4.39. The first-order valence-electron chi connectivity index (χ1n) is 9.03. The van der Waals surface area contributed by atoms with E-state index in [-0.39, 0.29) is 5.91 Å². The summed E-state index contributed by atoms with van der Waals surface area (Å²) in [6.45, 7) is 2.00. The van der Waals surface area contributed by atoms with E-state index in [0.717, 1.165) is 22.3 Å². The van der Waals surface area contributed by atoms with Gasteiger partial charge in [-0.3, -0.25) is 4.79 Å². The lowest BCUT2D eigenvalue weighted by atomic mass is 10.1. The minimum atomic E-state index is -0.0746. The Morgan fingerprint density at radius 2 is 1.64 bits per heavy atom. The average Bonchev–Trinajstić information content (AvgIpc) is 3.19. The molecule has 0 aliphatic carbocycles. The third-order valence-electron chi connectivity index (χ3n) is 4.40. The SMILES string of the molecule is Cc1ccccc1-c1nnc(-c2cccc(NC(=O)Cc3ccccc3)c2)o1. The molecule has 138 valence electrons. The molecule has 4 aromatic rings. The van der Waals surface area contributed by atoms with Gasteiger partial charge in [0.2, 0.25) is 17.7 Å². The Labute approximate surface area is 163 Å². The minimum absolute atomic E-state index is 0.0746. The van der Waals surface area contributed by atoms with E-state index in [4.69, 9.17) is 4.42 Å². The van der Waals surface area contributed by atoms with Gasteiger partial charge in [-0.15, -0.1) is 10.2 Å². The third-order valence-corrected chi connectivity index (χ3v) is 4.40. The maximum Gasteiger partial charge on any atom is 0.248 e. The average molecular weight is 369 g/mol. The van der Waals surface area contributed by atoms with Gasteiger partial charge >= 0.3 is 0 Å². The van der Waals surface area contributed by atoms with Crippen LogP contribution in [-0.4, -0.2) is 16.1 Å². The molecule has 0 radical (unpaired) electrons. The Hall–Kier alpha value is -3.73. The topological polar surface area (TPSA) is 68.0 Å². The molecular weight excluding hydrogens is 350 g/mol. The number of rotatable bonds is 5. The Balaban J connectivity index is 1.51. The fourth-order valence-electron chi connectivity index (χ4n) is 2.98. The van der Waals surface area contributed by atoms with Crippen molar-refractivity contribution in [2.24, 2.45) is 0 Å². The van der Waals surface area contributed by atoms with Crippen LogP contribution in [0.3, 0.4) is 0 Å². The maximum atomic E-state index is 12.3. The van der Waals surface area contributed by atoms with Crippen molar-refractivity contribution in [2.75, 3.05) is 5.32 Å². The minimum Gasteiger partial charge on any atom is -0.416 e. The smallest absolute Gasteiger partial charge is 0.248 e. The third kappa shape index (κ3) is 3.99. The van der Waals surface area contributed by atoms with Crippen molar-refractivity contribution in [1.82, 2.24) is 10.2 Å². The number of hydrogen-bond acceptors (Lipinski definition) is 4. The number of benzene rings is 3. The van der Waals surface area contributed by atoms with E-state index in [2.05, 4.69) is 15.5 Å². The van der Waals surface area contributed by atoms with Crippen LogP contribution in [0.25, 0.3) is 22.9 Å². The number of carbonyl (C=O) groups is 1. The van der Waals surface area contributed by atoms with Crippen molar-refractivity contribution >= 4 is 11.6 Å². The van der Waals surface area contributed by atoms with Gasteiger partial charge in [-0.2, -0.15) is 0 Å². The van der Waals surface area contributed by atoms with Gasteiger partial charge in [-0.1, -0.05) is 54.6 Å². The van der Waals surface area contributed by atoms with Crippen LogP contribution in [0.5, 0.6) is 0 Å². The van der Waals surface area contributed by atoms with Gasteiger partial charge in [0.15, 0.2) is 0 Å². The summed E-state index contributed by atoms with van der Waals surface area (Å²) in [4.78, 5) is 12.3. The molecule has 0 unspecified atom stereocenters. The van der Waals surface area contributed by atoms with E-state index >= 15 is 0 Å². The van der Waals surface area contributed by atoms with Crippen LogP contribution >= 0.6 is 0 Å². The Bertz CT molecular complexity index is 1100. The summed E-state index contributed by atoms with van der Waals surface area (Å²) in [7, 11) is 0. The molecular formula is C23H19N3O2. The van der Waals surface area contributed by atoms with Crippen molar-refractivity contribution in [3.8, 4) is 22.9 Å². The number of amides is 1. The Kier molecular flexibility index (Phi) is 4.97. The van der Waals surface area contributed by atoms with Gasteiger partial charge in [-0.25, -0.2) is 0 Å². The van der Waals surface area contributed by atoms with Gasteiger partial charge in [0.05, 0.1) is 6.42 Å². The lowest BCUT2D eigenvalue weighted by Crippen LogP contribution is -2.14. The fraction of sp³-hybridized carbons (Fsp3) is 0.0870. The van der Waals surface area contributed by atoms with Crippen LogP contribution < -0.4 is 5.32 Å². The molecule has 0 saturated carbocycles. The summed E-state index contributed by atoms with van der Waals surface area (Å²) < 4.78 is 5.86. The first kappa shape index (κ1) is 17.7. The fourth-order valence-corrected chi connectivity index (χ4v) is 2.98. The lowest BCUT2D eigenvalue weighted by Gasteiger charge is -2.06. The number of anilines is 1. The standard InChI is InChI=1S/C23H19N3O2/c1-16-8-5-6-13-20(16)23-26-25-22(28-23)18-11-7-12-19(15-18)24-21(27)14-17-9-3-2-4-10-17/h2-13,15H,14H2,1H3,(H,24,27). The molecule has 1 aromatic heterocycles. The molecule has 5 heteroatoms. The second kappa shape index (κ2) is 7.88. The highest BCUT2D eigenvalue weighted by Gasteiger charge is 2.13. The van der Waals surface area contributed by atoms with Gasteiger partial charge in [0.1, 0.15) is 0 Å². The maximum absolute atomic E-state index is 12.3. The van der Waals surface area contributed by atoms with Crippen LogP contribution in [0, 0.1) is 6.92 Å². The van der Waals surface area contributed by atoms with Gasteiger partial charge in [0, 0.05) is 16.8 Å². The molecule has 0 fully saturated rings. The second-order valence-electron chi connectivity index (χ2n) is 6.52. The van der Waals surface area contributed by atoms with E-state index < -0.39 is 0 Å². The monoisotopic (exact) mass is 369 g/mol. The van der Waals surface area contributed by atoms with E-state index in [9.17, 15) is 4.79 Å². The van der Waals surface area contributed by atoms with Crippen molar-refractivity contribution in [3.63, 3.8) is 0 Å². The molecule has 0 aliphatic heterocycles. The molecule has 3 aromatic carbocycles. The largest absolute Gasteiger partial charge is 0.416 e. The molecule has 1 heterocycles. The van der Waals surface area contributed by atoms with E-state index in [1.165, 1.54) is 0 Å².